The highest BCUT2D eigenvalue weighted by Gasteiger charge is 2.06. The second kappa shape index (κ2) is 4.54. The molecule has 0 radical (unpaired) electrons. The Morgan fingerprint density at radius 2 is 1.70 bits per heavy atom. The third kappa shape index (κ3) is 1.98. The average Bonchev–Trinajstić information content (AvgIpc) is 2.89. The van der Waals surface area contributed by atoms with E-state index in [1.165, 1.54) is 11.3 Å². The predicted octanol–water partition coefficient (Wildman–Crippen LogP) is 4.03. The third-order valence-electron chi connectivity index (χ3n) is 2.92. The van der Waals surface area contributed by atoms with Crippen molar-refractivity contribution in [2.45, 2.75) is 0 Å². The lowest BCUT2D eigenvalue weighted by atomic mass is 10.3. The maximum Gasteiger partial charge on any atom is 0.279 e. The zero-order valence-electron chi connectivity index (χ0n) is 10.4. The van der Waals surface area contributed by atoms with Crippen LogP contribution in [0.2, 0.25) is 0 Å². The topological polar surface area (TPSA) is 47.9 Å². The fourth-order valence-corrected chi connectivity index (χ4v) is 2.84. The molecular formula is C15H9N3OS. The number of ether oxygens (including phenoxy) is 1. The molecule has 0 saturated heterocycles. The van der Waals surface area contributed by atoms with Crippen molar-refractivity contribution in [3.05, 3.63) is 54.9 Å². The van der Waals surface area contributed by atoms with Gasteiger partial charge in [0.1, 0.15) is 5.75 Å². The molecule has 2 aromatic carbocycles. The van der Waals surface area contributed by atoms with Gasteiger partial charge in [0.25, 0.3) is 5.19 Å². The van der Waals surface area contributed by atoms with Gasteiger partial charge in [0.15, 0.2) is 0 Å². The molecule has 0 saturated carbocycles. The summed E-state index contributed by atoms with van der Waals surface area (Å²) in [6.45, 7) is 0. The number of fused-ring (bicyclic) bond motifs is 2. The first kappa shape index (κ1) is 11.3. The first-order chi connectivity index (χ1) is 9.88. The van der Waals surface area contributed by atoms with Crippen molar-refractivity contribution in [3.63, 3.8) is 0 Å². The van der Waals surface area contributed by atoms with E-state index in [2.05, 4.69) is 15.0 Å². The summed E-state index contributed by atoms with van der Waals surface area (Å²) in [7, 11) is 0. The van der Waals surface area contributed by atoms with Crippen LogP contribution in [0.3, 0.4) is 0 Å². The summed E-state index contributed by atoms with van der Waals surface area (Å²) in [5.74, 6) is 0.719. The summed E-state index contributed by atoms with van der Waals surface area (Å²) in [5.41, 5.74) is 2.61. The van der Waals surface area contributed by atoms with Gasteiger partial charge in [0.2, 0.25) is 0 Å². The molecule has 96 valence electrons. The molecule has 4 aromatic rings. The van der Waals surface area contributed by atoms with Gasteiger partial charge < -0.3 is 4.74 Å². The molecule has 0 amide bonds. The molecule has 2 heterocycles. The molecule has 0 N–H and O–H groups in total. The van der Waals surface area contributed by atoms with E-state index in [0.717, 1.165) is 27.0 Å². The number of hydrogen-bond donors (Lipinski definition) is 0. The zero-order chi connectivity index (χ0) is 13.4. The van der Waals surface area contributed by atoms with E-state index in [4.69, 9.17) is 4.74 Å². The van der Waals surface area contributed by atoms with E-state index >= 15 is 0 Å². The maximum atomic E-state index is 5.81. The lowest BCUT2D eigenvalue weighted by molar-refractivity contribution is 0.481. The van der Waals surface area contributed by atoms with E-state index in [9.17, 15) is 0 Å². The van der Waals surface area contributed by atoms with Crippen molar-refractivity contribution < 1.29 is 4.74 Å². The molecule has 0 bridgehead atoms. The van der Waals surface area contributed by atoms with Crippen LogP contribution < -0.4 is 4.74 Å². The molecule has 0 aliphatic heterocycles. The molecule has 4 nitrogen and oxygen atoms in total. The van der Waals surface area contributed by atoms with Crippen LogP contribution in [-0.4, -0.2) is 15.0 Å². The van der Waals surface area contributed by atoms with E-state index in [1.807, 2.05) is 42.5 Å². The molecule has 4 rings (SSSR count). The van der Waals surface area contributed by atoms with Crippen LogP contribution in [-0.2, 0) is 0 Å². The normalized spacial score (nSPS) is 11.0. The number of benzene rings is 2. The van der Waals surface area contributed by atoms with E-state index < -0.39 is 0 Å². The Morgan fingerprint density at radius 1 is 0.850 bits per heavy atom. The number of hydrogen-bond acceptors (Lipinski definition) is 5. The van der Waals surface area contributed by atoms with E-state index in [1.54, 1.807) is 12.4 Å². The standard InChI is InChI=1S/C15H9N3OS/c1-2-4-14-12(3-1)18-15(20-14)19-10-5-6-11-13(9-10)17-8-7-16-11/h1-9H. The first-order valence-electron chi connectivity index (χ1n) is 6.13. The molecule has 5 heteroatoms. The highest BCUT2D eigenvalue weighted by molar-refractivity contribution is 7.20. The smallest absolute Gasteiger partial charge is 0.279 e. The second-order valence-corrected chi connectivity index (χ2v) is 5.25. The molecule has 0 spiro atoms. The van der Waals surface area contributed by atoms with Crippen molar-refractivity contribution in [1.82, 2.24) is 15.0 Å². The Balaban J connectivity index is 1.72. The van der Waals surface area contributed by atoms with Gasteiger partial charge in [-0.2, -0.15) is 0 Å². The summed E-state index contributed by atoms with van der Waals surface area (Å²) in [6, 6.07) is 13.6. The minimum absolute atomic E-state index is 0.634. The van der Waals surface area contributed by atoms with Crippen molar-refractivity contribution in [1.29, 1.82) is 0 Å². The van der Waals surface area contributed by atoms with Gasteiger partial charge in [-0.15, -0.1) is 0 Å². The fourth-order valence-electron chi connectivity index (χ4n) is 2.00. The van der Waals surface area contributed by atoms with Gasteiger partial charge in [-0.1, -0.05) is 23.5 Å². The summed E-state index contributed by atoms with van der Waals surface area (Å²) in [6.07, 6.45) is 3.35. The molecular weight excluding hydrogens is 270 g/mol. The van der Waals surface area contributed by atoms with Gasteiger partial charge in [0.05, 0.1) is 21.3 Å². The Bertz CT molecular complexity index is 871. The van der Waals surface area contributed by atoms with Crippen LogP contribution in [0.1, 0.15) is 0 Å². The minimum atomic E-state index is 0.634. The van der Waals surface area contributed by atoms with Crippen molar-refractivity contribution >= 4 is 32.6 Å². The van der Waals surface area contributed by atoms with Gasteiger partial charge in [-0.05, 0) is 24.3 Å². The number of nitrogens with zero attached hydrogens (tertiary/aromatic N) is 3. The summed E-state index contributed by atoms with van der Waals surface area (Å²) in [5, 5.41) is 0.634. The third-order valence-corrected chi connectivity index (χ3v) is 3.83. The van der Waals surface area contributed by atoms with E-state index in [0.29, 0.717) is 5.19 Å². The van der Waals surface area contributed by atoms with E-state index in [-0.39, 0.29) is 0 Å². The van der Waals surface area contributed by atoms with Crippen LogP contribution >= 0.6 is 11.3 Å². The van der Waals surface area contributed by atoms with Crippen molar-refractivity contribution in [2.75, 3.05) is 0 Å². The first-order valence-corrected chi connectivity index (χ1v) is 6.94. The Labute approximate surface area is 118 Å². The quantitative estimate of drug-likeness (QED) is 0.556. The summed E-state index contributed by atoms with van der Waals surface area (Å²) >= 11 is 1.53. The molecule has 2 aromatic heterocycles. The lowest BCUT2D eigenvalue weighted by Gasteiger charge is -2.02. The SMILES string of the molecule is c1ccc2sc(Oc3ccc4nccnc4c3)nc2c1. The summed E-state index contributed by atoms with van der Waals surface area (Å²) in [4.78, 5) is 12.9. The predicted molar refractivity (Wildman–Crippen MR) is 79.2 cm³/mol. The average molecular weight is 279 g/mol. The molecule has 0 fully saturated rings. The monoisotopic (exact) mass is 279 g/mol. The van der Waals surface area contributed by atoms with Crippen LogP contribution in [0.25, 0.3) is 21.3 Å². The second-order valence-electron chi connectivity index (χ2n) is 4.26. The van der Waals surface area contributed by atoms with Crippen molar-refractivity contribution in [2.24, 2.45) is 0 Å². The van der Waals surface area contributed by atoms with Gasteiger partial charge in [-0.3, -0.25) is 9.97 Å². The van der Waals surface area contributed by atoms with Crippen LogP contribution in [0, 0.1) is 0 Å². The number of para-hydroxylation sites is 1. The molecule has 20 heavy (non-hydrogen) atoms. The van der Waals surface area contributed by atoms with Crippen LogP contribution in [0.15, 0.2) is 54.9 Å². The van der Waals surface area contributed by atoms with Crippen LogP contribution in [0.5, 0.6) is 10.9 Å². The Morgan fingerprint density at radius 3 is 2.60 bits per heavy atom. The van der Waals surface area contributed by atoms with Gasteiger partial charge >= 0.3 is 0 Å². The summed E-state index contributed by atoms with van der Waals surface area (Å²) < 4.78 is 6.93. The van der Waals surface area contributed by atoms with Crippen LogP contribution in [0.4, 0.5) is 0 Å². The highest BCUT2D eigenvalue weighted by atomic mass is 32.1. The molecule has 0 atom stereocenters. The van der Waals surface area contributed by atoms with Gasteiger partial charge in [-0.25, -0.2) is 4.98 Å². The molecule has 0 aliphatic rings. The number of aromatic nitrogens is 3. The molecule has 0 aliphatic carbocycles. The highest BCUT2D eigenvalue weighted by Crippen LogP contribution is 2.31. The van der Waals surface area contributed by atoms with Crippen molar-refractivity contribution in [3.8, 4) is 10.9 Å². The lowest BCUT2D eigenvalue weighted by Crippen LogP contribution is -1.86. The number of thiazole rings is 1. The van der Waals surface area contributed by atoms with Gasteiger partial charge in [0, 0.05) is 18.5 Å². The maximum absolute atomic E-state index is 5.81. The Hall–Kier alpha value is -2.53. The minimum Gasteiger partial charge on any atom is -0.431 e. The Kier molecular flexibility index (Phi) is 2.57. The largest absolute Gasteiger partial charge is 0.431 e. The fraction of sp³-hybridized carbons (Fsp3) is 0. The molecule has 0 unspecified atom stereocenters. The number of rotatable bonds is 2. The zero-order valence-corrected chi connectivity index (χ0v) is 11.2.